The van der Waals surface area contributed by atoms with Crippen LogP contribution < -0.4 is 19.1 Å². The Morgan fingerprint density at radius 1 is 1.26 bits per heavy atom. The van der Waals surface area contributed by atoms with Crippen LogP contribution in [0.5, 0.6) is 11.5 Å². The van der Waals surface area contributed by atoms with E-state index in [4.69, 9.17) is 9.47 Å². The number of nitrogens with one attached hydrogen (secondary N) is 1. The standard InChI is InChI=1S/C17H20N4O5S/c1-2-21-16(7-8-18-21)20-9-3-4-13(17(20)22)19-27(23,24)12-5-6-14-15(10-12)26-11-25-14/h5-8,10,13,19H,2-4,9,11H2,1H3/t13-/m0/s1. The van der Waals surface area contributed by atoms with Crippen molar-refractivity contribution in [2.24, 2.45) is 0 Å². The topological polar surface area (TPSA) is 103 Å². The van der Waals surface area contributed by atoms with Gasteiger partial charge in [0.15, 0.2) is 11.5 Å². The molecule has 0 bridgehead atoms. The number of ether oxygens (including phenoxy) is 2. The van der Waals surface area contributed by atoms with Crippen molar-refractivity contribution in [2.75, 3.05) is 18.2 Å². The van der Waals surface area contributed by atoms with E-state index in [0.29, 0.717) is 43.2 Å². The quantitative estimate of drug-likeness (QED) is 0.818. The molecule has 1 atom stereocenters. The van der Waals surface area contributed by atoms with Gasteiger partial charge in [0.2, 0.25) is 22.7 Å². The Balaban J connectivity index is 1.55. The van der Waals surface area contributed by atoms with Gasteiger partial charge in [-0.05, 0) is 31.9 Å². The van der Waals surface area contributed by atoms with Gasteiger partial charge in [-0.1, -0.05) is 0 Å². The summed E-state index contributed by atoms with van der Waals surface area (Å²) >= 11 is 0. The molecule has 1 aromatic heterocycles. The number of sulfonamides is 1. The maximum absolute atomic E-state index is 12.9. The molecule has 0 unspecified atom stereocenters. The molecular formula is C17H20N4O5S. The Hall–Kier alpha value is -2.59. The molecule has 0 aliphatic carbocycles. The zero-order chi connectivity index (χ0) is 19.0. The minimum Gasteiger partial charge on any atom is -0.454 e. The molecule has 27 heavy (non-hydrogen) atoms. The van der Waals surface area contributed by atoms with Crippen molar-refractivity contribution in [1.82, 2.24) is 14.5 Å². The van der Waals surface area contributed by atoms with E-state index in [2.05, 4.69) is 9.82 Å². The Bertz CT molecular complexity index is 971. The van der Waals surface area contributed by atoms with Gasteiger partial charge < -0.3 is 9.47 Å². The molecule has 1 amide bonds. The maximum atomic E-state index is 12.9. The zero-order valence-corrected chi connectivity index (χ0v) is 15.6. The summed E-state index contributed by atoms with van der Waals surface area (Å²) in [5.74, 6) is 1.28. The van der Waals surface area contributed by atoms with E-state index in [9.17, 15) is 13.2 Å². The third kappa shape index (κ3) is 3.26. The van der Waals surface area contributed by atoms with Gasteiger partial charge in [0.05, 0.1) is 11.1 Å². The highest BCUT2D eigenvalue weighted by molar-refractivity contribution is 7.89. The van der Waals surface area contributed by atoms with Crippen molar-refractivity contribution in [2.45, 2.75) is 37.2 Å². The van der Waals surface area contributed by atoms with E-state index in [1.807, 2.05) is 6.92 Å². The summed E-state index contributed by atoms with van der Waals surface area (Å²) in [5.41, 5.74) is 0. The first-order valence-electron chi connectivity index (χ1n) is 8.75. The normalized spacial score (nSPS) is 19.5. The van der Waals surface area contributed by atoms with E-state index in [1.165, 1.54) is 12.1 Å². The molecule has 0 saturated carbocycles. The van der Waals surface area contributed by atoms with Gasteiger partial charge in [0.25, 0.3) is 0 Å². The first-order chi connectivity index (χ1) is 13.0. The second-order valence-corrected chi connectivity index (χ2v) is 8.04. The number of nitrogens with zero attached hydrogens (tertiary/aromatic N) is 3. The maximum Gasteiger partial charge on any atom is 0.246 e. The molecule has 3 heterocycles. The van der Waals surface area contributed by atoms with Crippen molar-refractivity contribution in [3.63, 3.8) is 0 Å². The first kappa shape index (κ1) is 17.8. The molecule has 4 rings (SSSR count). The van der Waals surface area contributed by atoms with Gasteiger partial charge in [-0.2, -0.15) is 9.82 Å². The smallest absolute Gasteiger partial charge is 0.246 e. The summed E-state index contributed by atoms with van der Waals surface area (Å²) in [7, 11) is -3.88. The summed E-state index contributed by atoms with van der Waals surface area (Å²) in [6.45, 7) is 3.16. The first-order valence-corrected chi connectivity index (χ1v) is 10.2. The lowest BCUT2D eigenvalue weighted by atomic mass is 10.1. The third-order valence-corrected chi connectivity index (χ3v) is 6.13. The van der Waals surface area contributed by atoms with Gasteiger partial charge in [0.1, 0.15) is 11.9 Å². The molecule has 9 nitrogen and oxygen atoms in total. The van der Waals surface area contributed by atoms with Crippen LogP contribution in [0.3, 0.4) is 0 Å². The largest absolute Gasteiger partial charge is 0.454 e. The lowest BCUT2D eigenvalue weighted by Crippen LogP contribution is -2.52. The average Bonchev–Trinajstić information content (AvgIpc) is 3.31. The Morgan fingerprint density at radius 2 is 2.07 bits per heavy atom. The molecule has 1 fully saturated rings. The monoisotopic (exact) mass is 392 g/mol. The van der Waals surface area contributed by atoms with Crippen molar-refractivity contribution in [1.29, 1.82) is 0 Å². The van der Waals surface area contributed by atoms with Gasteiger partial charge in [0, 0.05) is 25.2 Å². The Labute approximate surface area is 156 Å². The van der Waals surface area contributed by atoms with Crippen LogP contribution in [0.25, 0.3) is 0 Å². The second kappa shape index (κ2) is 6.86. The molecule has 0 spiro atoms. The predicted octanol–water partition coefficient (Wildman–Crippen LogP) is 1.11. The van der Waals surface area contributed by atoms with Crippen molar-refractivity contribution in [3.8, 4) is 11.5 Å². The fourth-order valence-corrected chi connectivity index (χ4v) is 4.55. The van der Waals surface area contributed by atoms with E-state index in [-0.39, 0.29) is 17.6 Å². The SMILES string of the molecule is CCn1nccc1N1CCC[C@H](NS(=O)(=O)c2ccc3c(c2)OCO3)C1=O. The van der Waals surface area contributed by atoms with Crippen LogP contribution in [-0.4, -0.2) is 43.5 Å². The predicted molar refractivity (Wildman–Crippen MR) is 96.2 cm³/mol. The molecule has 144 valence electrons. The van der Waals surface area contributed by atoms with Crippen LogP contribution in [0.15, 0.2) is 35.4 Å². The van der Waals surface area contributed by atoms with Crippen LogP contribution in [-0.2, 0) is 21.4 Å². The number of rotatable bonds is 5. The number of aromatic nitrogens is 2. The Morgan fingerprint density at radius 3 is 2.89 bits per heavy atom. The summed E-state index contributed by atoms with van der Waals surface area (Å²) < 4.78 is 40.2. The van der Waals surface area contributed by atoms with Crippen molar-refractivity contribution in [3.05, 3.63) is 30.5 Å². The van der Waals surface area contributed by atoms with Gasteiger partial charge in [-0.25, -0.2) is 13.1 Å². The molecular weight excluding hydrogens is 372 g/mol. The number of amides is 1. The van der Waals surface area contributed by atoms with Gasteiger partial charge >= 0.3 is 0 Å². The number of benzene rings is 1. The third-order valence-electron chi connectivity index (χ3n) is 4.66. The minimum atomic E-state index is -3.88. The molecule has 1 saturated heterocycles. The van der Waals surface area contributed by atoms with Crippen LogP contribution in [0.1, 0.15) is 19.8 Å². The lowest BCUT2D eigenvalue weighted by Gasteiger charge is -2.32. The fourth-order valence-electron chi connectivity index (χ4n) is 3.31. The van der Waals surface area contributed by atoms with E-state index in [1.54, 1.807) is 27.9 Å². The summed E-state index contributed by atoms with van der Waals surface area (Å²) in [6, 6.07) is 5.32. The van der Waals surface area contributed by atoms with Crippen LogP contribution in [0.2, 0.25) is 0 Å². The fraction of sp³-hybridized carbons (Fsp3) is 0.412. The average molecular weight is 392 g/mol. The number of hydrogen-bond acceptors (Lipinski definition) is 6. The van der Waals surface area contributed by atoms with Crippen LogP contribution in [0.4, 0.5) is 5.82 Å². The number of carbonyl (C=O) groups is 1. The minimum absolute atomic E-state index is 0.0373. The molecule has 2 aliphatic heterocycles. The number of fused-ring (bicyclic) bond motifs is 1. The van der Waals surface area contributed by atoms with E-state index >= 15 is 0 Å². The highest BCUT2D eigenvalue weighted by Gasteiger charge is 2.34. The highest BCUT2D eigenvalue weighted by Crippen LogP contribution is 2.34. The second-order valence-electron chi connectivity index (χ2n) is 6.33. The summed E-state index contributed by atoms with van der Waals surface area (Å²) in [5, 5.41) is 4.18. The number of anilines is 1. The number of aryl methyl sites for hydroxylation is 1. The Kier molecular flexibility index (Phi) is 4.52. The van der Waals surface area contributed by atoms with Crippen molar-refractivity contribution < 1.29 is 22.7 Å². The summed E-state index contributed by atoms with van der Waals surface area (Å²) in [4.78, 5) is 14.5. The van der Waals surface area contributed by atoms with Crippen LogP contribution in [0, 0.1) is 0 Å². The van der Waals surface area contributed by atoms with Gasteiger partial charge in [-0.15, -0.1) is 0 Å². The molecule has 0 radical (unpaired) electrons. The number of carbonyl (C=O) groups excluding carboxylic acids is 1. The molecule has 2 aromatic rings. The van der Waals surface area contributed by atoms with E-state index < -0.39 is 16.1 Å². The molecule has 10 heteroatoms. The lowest BCUT2D eigenvalue weighted by molar-refractivity contribution is -0.121. The van der Waals surface area contributed by atoms with E-state index in [0.717, 1.165) is 0 Å². The number of piperidine rings is 1. The highest BCUT2D eigenvalue weighted by atomic mass is 32.2. The van der Waals surface area contributed by atoms with Gasteiger partial charge in [-0.3, -0.25) is 9.69 Å². The number of hydrogen-bond donors (Lipinski definition) is 1. The molecule has 1 N–H and O–H groups in total. The van der Waals surface area contributed by atoms with Crippen molar-refractivity contribution >= 4 is 21.7 Å². The van der Waals surface area contributed by atoms with Crippen LogP contribution >= 0.6 is 0 Å². The zero-order valence-electron chi connectivity index (χ0n) is 14.8. The molecule has 2 aliphatic rings. The molecule has 1 aromatic carbocycles. The summed E-state index contributed by atoms with van der Waals surface area (Å²) in [6.07, 6.45) is 2.76.